The predicted octanol–water partition coefficient (Wildman–Crippen LogP) is 3.18. The van der Waals surface area contributed by atoms with Crippen LogP contribution in [0.2, 0.25) is 5.02 Å². The second kappa shape index (κ2) is 7.36. The van der Waals surface area contributed by atoms with Gasteiger partial charge in [-0.25, -0.2) is 4.68 Å². The molecule has 0 N–H and O–H groups in total. The zero-order chi connectivity index (χ0) is 13.5. The van der Waals surface area contributed by atoms with Gasteiger partial charge in [-0.3, -0.25) is 0 Å². The molecule has 19 heavy (non-hydrogen) atoms. The summed E-state index contributed by atoms with van der Waals surface area (Å²) < 4.78 is 7.36. The summed E-state index contributed by atoms with van der Waals surface area (Å²) in [6, 6.07) is 7.33. The van der Waals surface area contributed by atoms with Gasteiger partial charge < -0.3 is 4.74 Å². The SMILES string of the molecule is ClCCCc1cn(CCOc2cccc(Cl)c2)nn1. The molecule has 4 nitrogen and oxygen atoms in total. The number of ether oxygens (including phenoxy) is 1. The molecule has 102 valence electrons. The van der Waals surface area contributed by atoms with Crippen molar-refractivity contribution in [2.24, 2.45) is 0 Å². The molecule has 0 fully saturated rings. The van der Waals surface area contributed by atoms with E-state index in [1.807, 2.05) is 24.4 Å². The summed E-state index contributed by atoms with van der Waals surface area (Å²) in [6.45, 7) is 1.18. The largest absolute Gasteiger partial charge is 0.492 e. The number of hydrogen-bond acceptors (Lipinski definition) is 3. The molecule has 2 aromatic rings. The van der Waals surface area contributed by atoms with Gasteiger partial charge in [0.15, 0.2) is 0 Å². The summed E-state index contributed by atoms with van der Waals surface area (Å²) in [7, 11) is 0. The Bertz CT molecular complexity index is 516. The first kappa shape index (κ1) is 14.2. The fourth-order valence-electron chi connectivity index (χ4n) is 1.62. The normalized spacial score (nSPS) is 10.6. The number of nitrogens with zero attached hydrogens (tertiary/aromatic N) is 3. The molecular weight excluding hydrogens is 285 g/mol. The van der Waals surface area contributed by atoms with E-state index < -0.39 is 0 Å². The molecular formula is C13H15Cl2N3O. The molecule has 0 aliphatic carbocycles. The van der Waals surface area contributed by atoms with Crippen molar-refractivity contribution < 1.29 is 4.74 Å². The van der Waals surface area contributed by atoms with Crippen molar-refractivity contribution in [3.63, 3.8) is 0 Å². The third-order valence-electron chi connectivity index (χ3n) is 2.54. The van der Waals surface area contributed by atoms with E-state index in [9.17, 15) is 0 Å². The van der Waals surface area contributed by atoms with E-state index in [4.69, 9.17) is 27.9 Å². The van der Waals surface area contributed by atoms with Gasteiger partial charge >= 0.3 is 0 Å². The molecule has 1 aromatic carbocycles. The molecule has 0 spiro atoms. The summed E-state index contributed by atoms with van der Waals surface area (Å²) in [5.41, 5.74) is 0.961. The zero-order valence-corrected chi connectivity index (χ0v) is 11.9. The van der Waals surface area contributed by atoms with Crippen LogP contribution in [-0.4, -0.2) is 27.5 Å². The molecule has 0 saturated heterocycles. The van der Waals surface area contributed by atoms with Crippen LogP contribution in [-0.2, 0) is 13.0 Å². The summed E-state index contributed by atoms with van der Waals surface area (Å²) >= 11 is 11.5. The molecule has 6 heteroatoms. The van der Waals surface area contributed by atoms with Gasteiger partial charge in [-0.2, -0.15) is 0 Å². The molecule has 1 heterocycles. The van der Waals surface area contributed by atoms with Crippen LogP contribution in [0.1, 0.15) is 12.1 Å². The van der Waals surface area contributed by atoms with Crippen LogP contribution in [0.5, 0.6) is 5.75 Å². The van der Waals surface area contributed by atoms with Gasteiger partial charge in [0.2, 0.25) is 0 Å². The number of rotatable bonds is 7. The van der Waals surface area contributed by atoms with Crippen molar-refractivity contribution in [3.05, 3.63) is 41.2 Å². The van der Waals surface area contributed by atoms with Crippen molar-refractivity contribution in [1.82, 2.24) is 15.0 Å². The summed E-state index contributed by atoms with van der Waals surface area (Å²) in [4.78, 5) is 0. The fraction of sp³-hybridized carbons (Fsp3) is 0.385. The molecule has 0 unspecified atom stereocenters. The van der Waals surface area contributed by atoms with E-state index >= 15 is 0 Å². The Hall–Kier alpha value is -1.26. The summed E-state index contributed by atoms with van der Waals surface area (Å²) in [6.07, 6.45) is 3.70. The Balaban J connectivity index is 1.77. The Morgan fingerprint density at radius 1 is 1.32 bits per heavy atom. The molecule has 2 rings (SSSR count). The van der Waals surface area contributed by atoms with Crippen molar-refractivity contribution in [2.75, 3.05) is 12.5 Å². The van der Waals surface area contributed by atoms with E-state index in [1.165, 1.54) is 0 Å². The smallest absolute Gasteiger partial charge is 0.120 e. The van der Waals surface area contributed by atoms with Gasteiger partial charge in [0, 0.05) is 17.1 Å². The minimum Gasteiger partial charge on any atom is -0.492 e. The van der Waals surface area contributed by atoms with Gasteiger partial charge in [-0.1, -0.05) is 22.9 Å². The van der Waals surface area contributed by atoms with Crippen LogP contribution in [0.25, 0.3) is 0 Å². The molecule has 0 saturated carbocycles. The molecule has 0 radical (unpaired) electrons. The quantitative estimate of drug-likeness (QED) is 0.737. The van der Waals surface area contributed by atoms with Crippen molar-refractivity contribution in [2.45, 2.75) is 19.4 Å². The number of aromatic nitrogens is 3. The van der Waals surface area contributed by atoms with Crippen LogP contribution in [0.3, 0.4) is 0 Å². The maximum absolute atomic E-state index is 5.87. The molecule has 0 aliphatic rings. The van der Waals surface area contributed by atoms with Gasteiger partial charge in [0.25, 0.3) is 0 Å². The Morgan fingerprint density at radius 2 is 2.21 bits per heavy atom. The molecule has 1 aromatic heterocycles. The average Bonchev–Trinajstić information content (AvgIpc) is 2.84. The van der Waals surface area contributed by atoms with Crippen LogP contribution in [0, 0.1) is 0 Å². The monoisotopic (exact) mass is 299 g/mol. The lowest BCUT2D eigenvalue weighted by molar-refractivity contribution is 0.289. The standard InChI is InChI=1S/C13H15Cl2N3O/c14-6-2-4-12-10-18(17-16-12)7-8-19-13-5-1-3-11(15)9-13/h1,3,5,9-10H,2,4,6-8H2. The van der Waals surface area contributed by atoms with E-state index in [0.717, 1.165) is 24.3 Å². The topological polar surface area (TPSA) is 39.9 Å². The van der Waals surface area contributed by atoms with Gasteiger partial charge in [0.1, 0.15) is 12.4 Å². The van der Waals surface area contributed by atoms with E-state index in [0.29, 0.717) is 24.1 Å². The van der Waals surface area contributed by atoms with Gasteiger partial charge in [-0.15, -0.1) is 16.7 Å². The van der Waals surface area contributed by atoms with Crippen LogP contribution in [0.4, 0.5) is 0 Å². The second-order valence-electron chi connectivity index (χ2n) is 4.07. The zero-order valence-electron chi connectivity index (χ0n) is 10.4. The minimum atomic E-state index is 0.526. The first-order chi connectivity index (χ1) is 9.28. The Kier molecular flexibility index (Phi) is 5.48. The first-order valence-corrected chi connectivity index (χ1v) is 7.02. The molecule has 0 bridgehead atoms. The highest BCUT2D eigenvalue weighted by atomic mass is 35.5. The lowest BCUT2D eigenvalue weighted by Gasteiger charge is -2.05. The molecule has 0 aliphatic heterocycles. The minimum absolute atomic E-state index is 0.526. The predicted molar refractivity (Wildman–Crippen MR) is 76.0 cm³/mol. The fourth-order valence-corrected chi connectivity index (χ4v) is 1.94. The van der Waals surface area contributed by atoms with Crippen molar-refractivity contribution in [1.29, 1.82) is 0 Å². The highest BCUT2D eigenvalue weighted by Gasteiger charge is 2.01. The Labute approximate surface area is 122 Å². The maximum Gasteiger partial charge on any atom is 0.120 e. The Morgan fingerprint density at radius 3 is 3.00 bits per heavy atom. The van der Waals surface area contributed by atoms with Crippen LogP contribution < -0.4 is 4.74 Å². The van der Waals surface area contributed by atoms with Crippen molar-refractivity contribution >= 4 is 23.2 Å². The third kappa shape index (κ3) is 4.73. The average molecular weight is 300 g/mol. The summed E-state index contributed by atoms with van der Waals surface area (Å²) in [5.74, 6) is 1.40. The molecule has 0 amide bonds. The van der Waals surface area contributed by atoms with E-state index in [2.05, 4.69) is 10.3 Å². The third-order valence-corrected chi connectivity index (χ3v) is 3.04. The van der Waals surface area contributed by atoms with Gasteiger partial charge in [-0.05, 0) is 31.0 Å². The van der Waals surface area contributed by atoms with E-state index in [-0.39, 0.29) is 0 Å². The van der Waals surface area contributed by atoms with Crippen molar-refractivity contribution in [3.8, 4) is 5.75 Å². The second-order valence-corrected chi connectivity index (χ2v) is 4.89. The van der Waals surface area contributed by atoms with E-state index in [1.54, 1.807) is 10.7 Å². The van der Waals surface area contributed by atoms with Crippen LogP contribution >= 0.6 is 23.2 Å². The molecule has 0 atom stereocenters. The number of benzene rings is 1. The summed E-state index contributed by atoms with van der Waals surface area (Å²) in [5, 5.41) is 8.77. The number of hydrogen-bond donors (Lipinski definition) is 0. The highest BCUT2D eigenvalue weighted by Crippen LogP contribution is 2.16. The van der Waals surface area contributed by atoms with Crippen LogP contribution in [0.15, 0.2) is 30.5 Å². The number of aryl methyl sites for hydroxylation is 1. The highest BCUT2D eigenvalue weighted by molar-refractivity contribution is 6.30. The lowest BCUT2D eigenvalue weighted by atomic mass is 10.3. The number of alkyl halides is 1. The lowest BCUT2D eigenvalue weighted by Crippen LogP contribution is -2.08. The first-order valence-electron chi connectivity index (χ1n) is 6.11. The van der Waals surface area contributed by atoms with Gasteiger partial charge in [0.05, 0.1) is 12.2 Å². The maximum atomic E-state index is 5.87. The number of halogens is 2.